The number of ether oxygens (including phenoxy) is 1. The fourth-order valence-electron chi connectivity index (χ4n) is 3.23. The lowest BCUT2D eigenvalue weighted by Crippen LogP contribution is -2.06. The van der Waals surface area contributed by atoms with Gasteiger partial charge in [0.1, 0.15) is 5.75 Å². The zero-order chi connectivity index (χ0) is 20.5. The van der Waals surface area contributed by atoms with Gasteiger partial charge in [-0.05, 0) is 42.0 Å². The van der Waals surface area contributed by atoms with Crippen LogP contribution in [0.25, 0.3) is 0 Å². The molecule has 7 heteroatoms. The average molecular weight is 446 g/mol. The maximum absolute atomic E-state index is 9.96. The number of phenols is 2. The van der Waals surface area contributed by atoms with Gasteiger partial charge < -0.3 is 14.9 Å². The van der Waals surface area contributed by atoms with Crippen molar-refractivity contribution < 1.29 is 14.9 Å². The normalized spacial score (nSPS) is 16.0. The number of hydrogen-bond donors (Lipinski definition) is 2. The molecule has 0 bridgehead atoms. The summed E-state index contributed by atoms with van der Waals surface area (Å²) in [6.45, 7) is 0. The van der Waals surface area contributed by atoms with Crippen molar-refractivity contribution in [2.45, 2.75) is 16.6 Å². The van der Waals surface area contributed by atoms with E-state index in [1.807, 2.05) is 24.3 Å². The Labute approximate surface area is 182 Å². The van der Waals surface area contributed by atoms with Crippen molar-refractivity contribution in [3.63, 3.8) is 0 Å². The molecule has 2 N–H and O–H groups in total. The Kier molecular flexibility index (Phi) is 5.63. The van der Waals surface area contributed by atoms with Gasteiger partial charge in [0.05, 0.1) is 23.5 Å². The highest BCUT2D eigenvalue weighted by Gasteiger charge is 2.25. The number of benzene rings is 3. The fourth-order valence-corrected chi connectivity index (χ4v) is 4.95. The molecule has 0 spiro atoms. The second kappa shape index (κ2) is 8.19. The van der Waals surface area contributed by atoms with Crippen LogP contribution in [0.4, 0.5) is 5.69 Å². The van der Waals surface area contributed by atoms with Gasteiger partial charge in [-0.25, -0.2) is 0 Å². The van der Waals surface area contributed by atoms with Crippen LogP contribution in [-0.4, -0.2) is 23.0 Å². The molecule has 1 atom stereocenters. The van der Waals surface area contributed by atoms with Gasteiger partial charge in [-0.3, -0.25) is 4.99 Å². The standard InChI is InChI=1S/C22H17Cl2NO3S/c1-28-20-8-12(2-6-19(20)27)22-11-17(15-5-3-13(23)9-16(15)24)25-18-10-14(26)4-7-21(18)29-22/h2-10,22,26-27H,11H2,1H3. The van der Waals surface area contributed by atoms with E-state index in [0.29, 0.717) is 27.9 Å². The molecule has 3 aromatic rings. The molecule has 1 heterocycles. The highest BCUT2D eigenvalue weighted by molar-refractivity contribution is 7.99. The molecule has 1 aliphatic heterocycles. The summed E-state index contributed by atoms with van der Waals surface area (Å²) in [7, 11) is 1.53. The van der Waals surface area contributed by atoms with Gasteiger partial charge in [0.2, 0.25) is 0 Å². The van der Waals surface area contributed by atoms with Crippen LogP contribution in [0, 0.1) is 0 Å². The Morgan fingerprint density at radius 3 is 2.62 bits per heavy atom. The lowest BCUT2D eigenvalue weighted by molar-refractivity contribution is 0.373. The van der Waals surface area contributed by atoms with E-state index in [1.54, 1.807) is 42.1 Å². The van der Waals surface area contributed by atoms with Crippen LogP contribution < -0.4 is 4.74 Å². The minimum atomic E-state index is 0.000729. The Morgan fingerprint density at radius 1 is 1.03 bits per heavy atom. The smallest absolute Gasteiger partial charge is 0.160 e. The van der Waals surface area contributed by atoms with Crippen molar-refractivity contribution in [2.24, 2.45) is 4.99 Å². The van der Waals surface area contributed by atoms with E-state index in [0.717, 1.165) is 21.7 Å². The summed E-state index contributed by atoms with van der Waals surface area (Å²) in [5, 5.41) is 21.0. The van der Waals surface area contributed by atoms with Gasteiger partial charge in [-0.15, -0.1) is 11.8 Å². The molecule has 0 fully saturated rings. The summed E-state index contributed by atoms with van der Waals surface area (Å²) < 4.78 is 5.28. The first kappa shape index (κ1) is 20.0. The van der Waals surface area contributed by atoms with Crippen LogP contribution in [0.1, 0.15) is 22.8 Å². The zero-order valence-corrected chi connectivity index (χ0v) is 17.7. The summed E-state index contributed by atoms with van der Waals surface area (Å²) in [5.41, 5.74) is 3.26. The van der Waals surface area contributed by atoms with Gasteiger partial charge in [0.25, 0.3) is 0 Å². The molecule has 4 nitrogen and oxygen atoms in total. The van der Waals surface area contributed by atoms with E-state index in [9.17, 15) is 10.2 Å². The second-order valence-corrected chi connectivity index (χ2v) is 8.66. The van der Waals surface area contributed by atoms with Crippen LogP contribution in [-0.2, 0) is 0 Å². The van der Waals surface area contributed by atoms with Gasteiger partial charge in [0, 0.05) is 33.2 Å². The van der Waals surface area contributed by atoms with Crippen LogP contribution >= 0.6 is 35.0 Å². The Morgan fingerprint density at radius 2 is 1.86 bits per heavy atom. The summed E-state index contributed by atoms with van der Waals surface area (Å²) in [6, 6.07) is 15.8. The highest BCUT2D eigenvalue weighted by atomic mass is 35.5. The molecule has 0 radical (unpaired) electrons. The van der Waals surface area contributed by atoms with Crippen LogP contribution in [0.3, 0.4) is 0 Å². The van der Waals surface area contributed by atoms with Crippen molar-refractivity contribution in [1.82, 2.24) is 0 Å². The average Bonchev–Trinajstić information content (AvgIpc) is 2.87. The third kappa shape index (κ3) is 4.17. The van der Waals surface area contributed by atoms with E-state index >= 15 is 0 Å². The molecule has 148 valence electrons. The number of aromatic hydroxyl groups is 2. The number of rotatable bonds is 3. The minimum Gasteiger partial charge on any atom is -0.508 e. The number of halogens is 2. The van der Waals surface area contributed by atoms with Crippen LogP contribution in [0.15, 0.2) is 64.5 Å². The number of phenolic OH excluding ortho intramolecular Hbond substituents is 2. The van der Waals surface area contributed by atoms with E-state index in [-0.39, 0.29) is 16.7 Å². The maximum Gasteiger partial charge on any atom is 0.160 e. The molecule has 4 rings (SSSR count). The van der Waals surface area contributed by atoms with Crippen LogP contribution in [0.5, 0.6) is 17.2 Å². The molecule has 29 heavy (non-hydrogen) atoms. The Balaban J connectivity index is 1.84. The largest absolute Gasteiger partial charge is 0.508 e. The quantitative estimate of drug-likeness (QED) is 0.466. The Bertz CT molecular complexity index is 1120. The van der Waals surface area contributed by atoms with E-state index in [2.05, 4.69) is 0 Å². The van der Waals surface area contributed by atoms with Gasteiger partial charge in [0.15, 0.2) is 11.5 Å². The van der Waals surface area contributed by atoms with Crippen LogP contribution in [0.2, 0.25) is 10.0 Å². The third-order valence-corrected chi connectivity index (χ3v) is 6.53. The van der Waals surface area contributed by atoms with E-state index in [1.165, 1.54) is 7.11 Å². The number of methoxy groups -OCH3 is 1. The summed E-state index contributed by atoms with van der Waals surface area (Å²) >= 11 is 14.2. The SMILES string of the molecule is COc1cc(C2CC(c3ccc(Cl)cc3Cl)=Nc3cc(O)ccc3S2)ccc1O. The summed E-state index contributed by atoms with van der Waals surface area (Å²) in [5.74, 6) is 0.663. The van der Waals surface area contributed by atoms with Crippen molar-refractivity contribution in [2.75, 3.05) is 7.11 Å². The number of thioether (sulfide) groups is 1. The fraction of sp³-hybridized carbons (Fsp3) is 0.136. The molecule has 0 amide bonds. The van der Waals surface area contributed by atoms with E-state index in [4.69, 9.17) is 32.9 Å². The first-order chi connectivity index (χ1) is 13.9. The monoisotopic (exact) mass is 445 g/mol. The topological polar surface area (TPSA) is 62.0 Å². The zero-order valence-electron chi connectivity index (χ0n) is 15.4. The van der Waals surface area contributed by atoms with Crippen molar-refractivity contribution in [3.05, 3.63) is 75.8 Å². The second-order valence-electron chi connectivity index (χ2n) is 6.58. The molecular weight excluding hydrogens is 429 g/mol. The Hall–Kier alpha value is -2.34. The van der Waals surface area contributed by atoms with Crippen molar-refractivity contribution in [3.8, 4) is 17.2 Å². The number of hydrogen-bond acceptors (Lipinski definition) is 5. The lowest BCUT2D eigenvalue weighted by Gasteiger charge is -2.18. The predicted octanol–water partition coefficient (Wildman–Crippen LogP) is 6.77. The number of aliphatic imine (C=N–C) groups is 1. The molecule has 0 aliphatic carbocycles. The van der Waals surface area contributed by atoms with Gasteiger partial charge in [-0.2, -0.15) is 0 Å². The van der Waals surface area contributed by atoms with Gasteiger partial charge >= 0.3 is 0 Å². The maximum atomic E-state index is 9.96. The van der Waals surface area contributed by atoms with Gasteiger partial charge in [-0.1, -0.05) is 35.3 Å². The molecule has 0 aromatic heterocycles. The third-order valence-electron chi connectivity index (χ3n) is 4.66. The number of fused-ring (bicyclic) bond motifs is 1. The van der Waals surface area contributed by atoms with Crippen molar-refractivity contribution >= 4 is 46.4 Å². The molecular formula is C22H17Cl2NO3S. The highest BCUT2D eigenvalue weighted by Crippen LogP contribution is 2.48. The van der Waals surface area contributed by atoms with Crippen molar-refractivity contribution in [1.29, 1.82) is 0 Å². The molecule has 1 unspecified atom stereocenters. The van der Waals surface area contributed by atoms with E-state index < -0.39 is 0 Å². The molecule has 1 aliphatic rings. The number of nitrogens with zero attached hydrogens (tertiary/aromatic N) is 1. The molecule has 0 saturated heterocycles. The molecule has 3 aromatic carbocycles. The first-order valence-electron chi connectivity index (χ1n) is 8.84. The molecule has 0 saturated carbocycles. The predicted molar refractivity (Wildman–Crippen MR) is 119 cm³/mol. The lowest BCUT2D eigenvalue weighted by atomic mass is 10.0. The summed E-state index contributed by atoms with van der Waals surface area (Å²) in [4.78, 5) is 5.77. The minimum absolute atomic E-state index is 0.000729. The summed E-state index contributed by atoms with van der Waals surface area (Å²) in [6.07, 6.45) is 0.593. The first-order valence-corrected chi connectivity index (χ1v) is 10.5.